The number of halogens is 1. The molecule has 1 atom stereocenters. The molecule has 0 bridgehead atoms. The predicted molar refractivity (Wildman–Crippen MR) is 95.4 cm³/mol. The van der Waals surface area contributed by atoms with Crippen molar-refractivity contribution < 1.29 is 9.90 Å². The number of fused-ring (bicyclic) bond motifs is 1. The molecule has 0 aliphatic heterocycles. The van der Waals surface area contributed by atoms with Crippen molar-refractivity contribution in [1.82, 2.24) is 5.32 Å². The first-order valence-electron chi connectivity index (χ1n) is 7.34. The van der Waals surface area contributed by atoms with Gasteiger partial charge in [0.05, 0.1) is 6.10 Å². The van der Waals surface area contributed by atoms with Crippen molar-refractivity contribution in [3.05, 3.63) is 82.3 Å². The molecule has 0 aliphatic rings. The number of rotatable bonds is 4. The van der Waals surface area contributed by atoms with Gasteiger partial charge in [0.25, 0.3) is 5.91 Å². The van der Waals surface area contributed by atoms with Gasteiger partial charge in [0.15, 0.2) is 0 Å². The van der Waals surface area contributed by atoms with E-state index in [2.05, 4.69) is 21.2 Å². The molecule has 0 unspecified atom stereocenters. The molecule has 3 nitrogen and oxygen atoms in total. The Morgan fingerprint density at radius 2 is 1.78 bits per heavy atom. The van der Waals surface area contributed by atoms with Crippen molar-refractivity contribution in [2.45, 2.75) is 6.10 Å². The highest BCUT2D eigenvalue weighted by Crippen LogP contribution is 2.24. The molecule has 4 heteroatoms. The number of nitrogens with one attached hydrogen (secondary N) is 1. The first kappa shape index (κ1) is 15.7. The van der Waals surface area contributed by atoms with E-state index < -0.39 is 6.10 Å². The van der Waals surface area contributed by atoms with Crippen LogP contribution >= 0.6 is 15.9 Å². The maximum Gasteiger partial charge on any atom is 0.251 e. The molecule has 0 spiro atoms. The highest BCUT2D eigenvalue weighted by Gasteiger charge is 2.13. The average molecular weight is 370 g/mol. The van der Waals surface area contributed by atoms with Gasteiger partial charge < -0.3 is 10.4 Å². The zero-order valence-corrected chi connectivity index (χ0v) is 14.0. The number of carbonyl (C=O) groups is 1. The third-order valence-corrected chi connectivity index (χ3v) is 4.22. The smallest absolute Gasteiger partial charge is 0.251 e. The first-order valence-corrected chi connectivity index (χ1v) is 8.14. The van der Waals surface area contributed by atoms with Crippen LogP contribution in [0.2, 0.25) is 0 Å². The largest absolute Gasteiger partial charge is 0.387 e. The second kappa shape index (κ2) is 6.94. The van der Waals surface area contributed by atoms with Gasteiger partial charge in [-0.05, 0) is 34.5 Å². The van der Waals surface area contributed by atoms with Crippen LogP contribution < -0.4 is 5.32 Å². The van der Waals surface area contributed by atoms with E-state index in [0.717, 1.165) is 20.8 Å². The van der Waals surface area contributed by atoms with Gasteiger partial charge in [-0.3, -0.25) is 4.79 Å². The summed E-state index contributed by atoms with van der Waals surface area (Å²) in [4.78, 5) is 12.2. The lowest BCUT2D eigenvalue weighted by atomic mass is 10.0. The fourth-order valence-electron chi connectivity index (χ4n) is 2.57. The van der Waals surface area contributed by atoms with Gasteiger partial charge in [0, 0.05) is 16.6 Å². The number of aliphatic hydroxyl groups excluding tert-OH is 1. The summed E-state index contributed by atoms with van der Waals surface area (Å²) < 4.78 is 0.847. The summed E-state index contributed by atoms with van der Waals surface area (Å²) >= 11 is 3.34. The lowest BCUT2D eigenvalue weighted by Gasteiger charge is -2.15. The molecule has 3 rings (SSSR count). The number of amides is 1. The molecule has 1 amide bonds. The minimum absolute atomic E-state index is 0.166. The number of aliphatic hydroxyl groups is 1. The van der Waals surface area contributed by atoms with Crippen LogP contribution in [0.3, 0.4) is 0 Å². The fraction of sp³-hybridized carbons (Fsp3) is 0.105. The minimum Gasteiger partial charge on any atom is -0.387 e. The number of carbonyl (C=O) groups excluding carboxylic acids is 1. The van der Waals surface area contributed by atoms with Crippen molar-refractivity contribution in [2.75, 3.05) is 6.54 Å². The lowest BCUT2D eigenvalue weighted by Crippen LogP contribution is -2.28. The Hall–Kier alpha value is -2.17. The number of hydrogen-bond donors (Lipinski definition) is 2. The molecule has 0 heterocycles. The molecule has 3 aromatic rings. The normalized spacial score (nSPS) is 12.1. The van der Waals surface area contributed by atoms with Crippen LogP contribution in [0.4, 0.5) is 0 Å². The van der Waals surface area contributed by atoms with Gasteiger partial charge in [-0.1, -0.05) is 64.5 Å². The van der Waals surface area contributed by atoms with Crippen LogP contribution in [0.5, 0.6) is 0 Å². The Balaban J connectivity index is 1.74. The van der Waals surface area contributed by atoms with Crippen LogP contribution in [-0.2, 0) is 0 Å². The highest BCUT2D eigenvalue weighted by atomic mass is 79.9. The zero-order valence-electron chi connectivity index (χ0n) is 12.4. The summed E-state index contributed by atoms with van der Waals surface area (Å²) in [5.41, 5.74) is 1.38. The maximum atomic E-state index is 12.2. The Kier molecular flexibility index (Phi) is 4.74. The third-order valence-electron chi connectivity index (χ3n) is 3.73. The predicted octanol–water partition coefficient (Wildman–Crippen LogP) is 4.07. The van der Waals surface area contributed by atoms with Gasteiger partial charge in [-0.2, -0.15) is 0 Å². The van der Waals surface area contributed by atoms with Crippen molar-refractivity contribution in [3.8, 4) is 0 Å². The second-order valence-corrected chi connectivity index (χ2v) is 6.22. The van der Waals surface area contributed by atoms with Crippen LogP contribution in [0.15, 0.2) is 71.2 Å². The molecule has 3 aromatic carbocycles. The SMILES string of the molecule is O=C(NC[C@H](O)c1cccc2ccccc12)c1cccc(Br)c1. The Morgan fingerprint density at radius 3 is 2.61 bits per heavy atom. The van der Waals surface area contributed by atoms with E-state index >= 15 is 0 Å². The molecule has 0 fully saturated rings. The molecular weight excluding hydrogens is 354 g/mol. The number of benzene rings is 3. The molecule has 0 saturated carbocycles. The van der Waals surface area contributed by atoms with Gasteiger partial charge in [0.1, 0.15) is 0 Å². The fourth-order valence-corrected chi connectivity index (χ4v) is 2.97. The van der Waals surface area contributed by atoms with E-state index in [-0.39, 0.29) is 12.5 Å². The van der Waals surface area contributed by atoms with E-state index in [1.165, 1.54) is 0 Å². The van der Waals surface area contributed by atoms with Crippen LogP contribution in [-0.4, -0.2) is 17.6 Å². The van der Waals surface area contributed by atoms with Crippen molar-refractivity contribution in [1.29, 1.82) is 0 Å². The zero-order chi connectivity index (χ0) is 16.2. The molecule has 0 aromatic heterocycles. The molecule has 116 valence electrons. The molecule has 0 saturated heterocycles. The number of hydrogen-bond acceptors (Lipinski definition) is 2. The van der Waals surface area contributed by atoms with Gasteiger partial charge in [-0.25, -0.2) is 0 Å². The summed E-state index contributed by atoms with van der Waals surface area (Å²) in [7, 11) is 0. The van der Waals surface area contributed by atoms with E-state index in [1.54, 1.807) is 18.2 Å². The molecular formula is C19H16BrNO2. The summed E-state index contributed by atoms with van der Waals surface area (Å²) in [5.74, 6) is -0.203. The van der Waals surface area contributed by atoms with Gasteiger partial charge >= 0.3 is 0 Å². The van der Waals surface area contributed by atoms with E-state index in [0.29, 0.717) is 5.56 Å². The van der Waals surface area contributed by atoms with Gasteiger partial charge in [-0.15, -0.1) is 0 Å². The summed E-state index contributed by atoms with van der Waals surface area (Å²) in [5, 5.41) is 15.3. The summed E-state index contributed by atoms with van der Waals surface area (Å²) in [6.45, 7) is 0.166. The summed E-state index contributed by atoms with van der Waals surface area (Å²) in [6, 6.07) is 20.9. The van der Waals surface area contributed by atoms with Gasteiger partial charge in [0.2, 0.25) is 0 Å². The topological polar surface area (TPSA) is 49.3 Å². The van der Waals surface area contributed by atoms with Crippen LogP contribution in [0.1, 0.15) is 22.0 Å². The van der Waals surface area contributed by atoms with Crippen molar-refractivity contribution in [2.24, 2.45) is 0 Å². The Bertz CT molecular complexity index is 842. The van der Waals surface area contributed by atoms with Crippen molar-refractivity contribution >= 4 is 32.6 Å². The minimum atomic E-state index is -0.753. The monoisotopic (exact) mass is 369 g/mol. The first-order chi connectivity index (χ1) is 11.1. The third kappa shape index (κ3) is 3.60. The maximum absolute atomic E-state index is 12.2. The van der Waals surface area contributed by atoms with E-state index in [1.807, 2.05) is 48.5 Å². The van der Waals surface area contributed by atoms with Crippen LogP contribution in [0, 0.1) is 0 Å². The van der Waals surface area contributed by atoms with Crippen molar-refractivity contribution in [3.63, 3.8) is 0 Å². The molecule has 2 N–H and O–H groups in total. The van der Waals surface area contributed by atoms with Crippen LogP contribution in [0.25, 0.3) is 10.8 Å². The van der Waals surface area contributed by atoms with E-state index in [4.69, 9.17) is 0 Å². The molecule has 23 heavy (non-hydrogen) atoms. The lowest BCUT2D eigenvalue weighted by molar-refractivity contribution is 0.0917. The highest BCUT2D eigenvalue weighted by molar-refractivity contribution is 9.10. The van der Waals surface area contributed by atoms with E-state index in [9.17, 15) is 9.90 Å². The Morgan fingerprint density at radius 1 is 1.04 bits per heavy atom. The average Bonchev–Trinajstić information content (AvgIpc) is 2.59. The standard InChI is InChI=1S/C19H16BrNO2/c20-15-8-3-7-14(11-15)19(23)21-12-18(22)17-10-4-6-13-5-1-2-9-16(13)17/h1-11,18,22H,12H2,(H,21,23)/t18-/m0/s1. The second-order valence-electron chi connectivity index (χ2n) is 5.30. The quantitative estimate of drug-likeness (QED) is 0.728. The summed E-state index contributed by atoms with van der Waals surface area (Å²) in [6.07, 6.45) is -0.753. The molecule has 0 aliphatic carbocycles. The Labute approximate surface area is 143 Å². The molecule has 0 radical (unpaired) electrons.